The summed E-state index contributed by atoms with van der Waals surface area (Å²) in [6.45, 7) is 8.27. The molecule has 0 radical (unpaired) electrons. The van der Waals surface area contributed by atoms with E-state index in [1.54, 1.807) is 98.9 Å². The number of hydrogen-bond donors (Lipinski definition) is 4. The van der Waals surface area contributed by atoms with Gasteiger partial charge >= 0.3 is 42.7 Å². The highest BCUT2D eigenvalue weighted by molar-refractivity contribution is 6.07. The Morgan fingerprint density at radius 1 is 0.328 bits per heavy atom. The van der Waals surface area contributed by atoms with Crippen LogP contribution in [0.5, 0.6) is 0 Å². The van der Waals surface area contributed by atoms with Crippen molar-refractivity contribution in [3.63, 3.8) is 0 Å². The van der Waals surface area contributed by atoms with Crippen LogP contribution in [-0.4, -0.2) is 175 Å². The van der Waals surface area contributed by atoms with Crippen LogP contribution in [0.4, 0.5) is 128 Å². The van der Waals surface area contributed by atoms with E-state index in [1.807, 2.05) is 31.2 Å². The van der Waals surface area contributed by atoms with Crippen molar-refractivity contribution in [2.75, 3.05) is 113 Å². The van der Waals surface area contributed by atoms with E-state index in [9.17, 15) is 58.7 Å². The SMILES string of the molecule is Cc1cc(-c2ccc3c(n2)N(C(=O)Nc2ccncn2)[C@H]2CCCN3C2)ccn1.O=C(Nc1ccccn1)N1c2nc(-c3ccnc(C(F)(F)F)c3)ccc2N2CCC[C@H]1C2.O=C(Nc1ccncn1)N1c2nc(-c3ccnc(C(F)(F)F)c3)ccc2N2CCC[C@H]1C2.O=C(Nc1cnccn1)N1c2nc(-c3ccnc(C(F)(F)F)c3)ccc2N2CCC[C@H]1C2. The monoisotopic (exact) mass is 1710 g/mol. The van der Waals surface area contributed by atoms with E-state index in [0.29, 0.717) is 83.3 Å². The van der Waals surface area contributed by atoms with Crippen LogP contribution in [0.3, 0.4) is 0 Å². The number of carbonyl (C=O) groups excluding carboxylic acids is 4. The van der Waals surface area contributed by atoms with Gasteiger partial charge in [-0.3, -0.25) is 65.8 Å². The first kappa shape index (κ1) is 82.5. The number of piperidine rings is 4. The van der Waals surface area contributed by atoms with Crippen molar-refractivity contribution in [2.45, 2.75) is 101 Å². The number of hydrogen-bond acceptors (Lipinski definition) is 23. The number of nitrogens with zero attached hydrogens (tertiary/aromatic N) is 23. The van der Waals surface area contributed by atoms with Gasteiger partial charge in [-0.15, -0.1) is 0 Å². The molecule has 20 heterocycles. The lowest BCUT2D eigenvalue weighted by molar-refractivity contribution is -0.141. The molecule has 8 aliphatic rings. The van der Waals surface area contributed by atoms with E-state index in [2.05, 4.69) is 117 Å². The second kappa shape index (κ2) is 35.0. The number of amides is 8. The van der Waals surface area contributed by atoms with Gasteiger partial charge in [-0.25, -0.2) is 69.0 Å². The van der Waals surface area contributed by atoms with Crippen molar-refractivity contribution in [1.82, 2.24) is 74.8 Å². The van der Waals surface area contributed by atoms with Gasteiger partial charge in [-0.2, -0.15) is 39.5 Å². The van der Waals surface area contributed by atoms with Crippen LogP contribution in [-0.2, 0) is 18.5 Å². The first-order valence-corrected chi connectivity index (χ1v) is 40.1. The van der Waals surface area contributed by atoms with Gasteiger partial charge < -0.3 is 19.6 Å². The van der Waals surface area contributed by atoms with E-state index in [4.69, 9.17) is 4.98 Å². The molecule has 12 aromatic rings. The molecule has 0 aromatic carbocycles. The maximum absolute atomic E-state index is 13.2. The van der Waals surface area contributed by atoms with Gasteiger partial charge in [0.1, 0.15) is 47.2 Å². The molecule has 8 amide bonds. The summed E-state index contributed by atoms with van der Waals surface area (Å²) in [6.07, 6.45) is 10.5. The molecule has 4 saturated heterocycles. The predicted molar refractivity (Wildman–Crippen MR) is 447 cm³/mol. The summed E-state index contributed by atoms with van der Waals surface area (Å²) in [5.74, 6) is 3.49. The Morgan fingerprint density at radius 3 is 0.960 bits per heavy atom. The number of pyridine rings is 9. The van der Waals surface area contributed by atoms with Crippen molar-refractivity contribution in [3.05, 3.63) is 225 Å². The molecule has 4 atom stereocenters. The molecule has 8 bridgehead atoms. The largest absolute Gasteiger partial charge is 0.433 e. The van der Waals surface area contributed by atoms with Crippen molar-refractivity contribution in [3.8, 4) is 45.0 Å². The molecule has 8 aliphatic heterocycles. The predicted octanol–water partition coefficient (Wildman–Crippen LogP) is 15.8. The van der Waals surface area contributed by atoms with Crippen molar-refractivity contribution in [1.29, 1.82) is 0 Å². The second-order valence-electron chi connectivity index (χ2n) is 30.3. The van der Waals surface area contributed by atoms with Crippen LogP contribution in [0.25, 0.3) is 45.0 Å². The van der Waals surface area contributed by atoms with Crippen molar-refractivity contribution < 1.29 is 58.7 Å². The van der Waals surface area contributed by atoms with E-state index in [-0.39, 0.29) is 52.9 Å². The molecule has 4 N–H and O–H groups in total. The highest BCUT2D eigenvalue weighted by Gasteiger charge is 2.45. The van der Waals surface area contributed by atoms with Crippen LogP contribution in [0, 0.1) is 6.92 Å². The van der Waals surface area contributed by atoms with Gasteiger partial charge in [0.05, 0.1) is 75.9 Å². The Bertz CT molecular complexity index is 5530. The third kappa shape index (κ3) is 18.1. The quantitative estimate of drug-likeness (QED) is 0.103. The molecule has 20 rings (SSSR count). The first-order chi connectivity index (χ1) is 60.4. The maximum atomic E-state index is 13.2. The number of urea groups is 4. The van der Waals surface area contributed by atoms with E-state index in [0.717, 1.165) is 161 Å². The topological polar surface area (TPSA) is 336 Å². The highest BCUT2D eigenvalue weighted by Crippen LogP contribution is 2.46. The number of halogens is 9. The Labute approximate surface area is 707 Å². The Hall–Kier alpha value is -14.8. The molecule has 4 fully saturated rings. The number of carbonyl (C=O) groups is 4. The van der Waals surface area contributed by atoms with Gasteiger partial charge in [0, 0.05) is 136 Å². The number of fused-ring (bicyclic) bond motifs is 16. The normalized spacial score (nSPS) is 17.6. The smallest absolute Gasteiger partial charge is 0.366 e. The molecular weight excluding hydrogens is 1630 g/mol. The lowest BCUT2D eigenvalue weighted by Gasteiger charge is -2.45. The number of anilines is 12. The summed E-state index contributed by atoms with van der Waals surface area (Å²) in [7, 11) is 0. The van der Waals surface area contributed by atoms with Gasteiger partial charge in [0.2, 0.25) is 0 Å². The fourth-order valence-electron chi connectivity index (χ4n) is 16.5. The van der Waals surface area contributed by atoms with Crippen LogP contribution in [0.1, 0.15) is 74.1 Å². The molecule has 125 heavy (non-hydrogen) atoms. The third-order valence-electron chi connectivity index (χ3n) is 22.2. The summed E-state index contributed by atoms with van der Waals surface area (Å²) in [5.41, 5.74) is 4.93. The van der Waals surface area contributed by atoms with Gasteiger partial charge in [-0.1, -0.05) is 6.07 Å². The number of rotatable bonds is 8. The minimum absolute atomic E-state index is 0.0833. The van der Waals surface area contributed by atoms with Crippen LogP contribution < -0.4 is 60.5 Å². The Kier molecular flexibility index (Phi) is 23.1. The summed E-state index contributed by atoms with van der Waals surface area (Å²) in [6, 6.07) is 32.6. The molecule has 638 valence electrons. The van der Waals surface area contributed by atoms with Crippen LogP contribution in [0.15, 0.2) is 202 Å². The second-order valence-corrected chi connectivity index (χ2v) is 30.3. The van der Waals surface area contributed by atoms with E-state index >= 15 is 0 Å². The molecule has 0 spiro atoms. The van der Waals surface area contributed by atoms with Gasteiger partial charge in [0.25, 0.3) is 0 Å². The summed E-state index contributed by atoms with van der Waals surface area (Å²) >= 11 is 0. The summed E-state index contributed by atoms with van der Waals surface area (Å²) in [4.78, 5) is 130. The van der Waals surface area contributed by atoms with Gasteiger partial charge in [-0.05, 0) is 180 Å². The molecule has 40 heteroatoms. The summed E-state index contributed by atoms with van der Waals surface area (Å²) in [5, 5.41) is 11.2. The van der Waals surface area contributed by atoms with Crippen LogP contribution >= 0.6 is 0 Å². The number of aryl methyl sites for hydroxylation is 1. The lowest BCUT2D eigenvalue weighted by atomic mass is 9.99. The highest BCUT2D eigenvalue weighted by atomic mass is 19.4. The zero-order valence-electron chi connectivity index (χ0n) is 66.5. The Balaban J connectivity index is 0.000000118. The maximum Gasteiger partial charge on any atom is 0.433 e. The van der Waals surface area contributed by atoms with Crippen LogP contribution in [0.2, 0.25) is 0 Å². The van der Waals surface area contributed by atoms with Gasteiger partial charge in [0.15, 0.2) is 29.1 Å². The Morgan fingerprint density at radius 2 is 0.656 bits per heavy atom. The molecule has 31 nitrogen and oxygen atoms in total. The third-order valence-corrected chi connectivity index (χ3v) is 22.2. The molecule has 0 unspecified atom stereocenters. The zero-order valence-corrected chi connectivity index (χ0v) is 66.5. The van der Waals surface area contributed by atoms with Crippen molar-refractivity contribution in [2.24, 2.45) is 0 Å². The number of aromatic nitrogens is 15. The molecule has 0 saturated carbocycles. The minimum atomic E-state index is -4.56. The fourth-order valence-corrected chi connectivity index (χ4v) is 16.5. The van der Waals surface area contributed by atoms with E-state index in [1.165, 1.54) is 55.6 Å². The number of alkyl halides is 9. The molecule has 12 aromatic heterocycles. The van der Waals surface area contributed by atoms with Crippen molar-refractivity contribution >= 4 is 93.4 Å². The molecule has 0 aliphatic carbocycles. The minimum Gasteiger partial charge on any atom is -0.366 e. The standard InChI is InChI=1S/C22H19F3N6O.2C21H18F3N7O.C21H21N7O/c23-22(24,25)18-12-14(8-10-26-18)16-6-7-17-20(28-16)31(15-4-3-11-30(17)13-15)21(32)29-19-5-1-2-9-27-19;22-21(23,24)17-10-13(5-8-26-17)15-3-4-16-19(28-15)31(14-2-1-9-30(16)11-14)20(32)29-18-6-7-25-12-27-18;22-21(23,24)17-10-13(5-6-26-17)15-3-4-16-19(28-15)31(14-2-1-9-30(16)12-14)20(32)29-18-11-25-7-8-27-18;1-14-11-15(6-9-23-14)17-4-5-18-20(25-17)28(16-3-2-10-27(18)12-16)21(29)26-19-7-8-22-13-24-19/h1-2,5-10,12,15H,3-4,11,13H2,(H,27,29,32);3-8,10,12,14H,1-2,9,11H2,(H,25,27,29,32);3-8,10-11,14H,1-2,9,12H2,(H,27,29,32);4-9,11,13,16H,2-3,10,12H2,1H3,(H,22,24,26,29)/t15-;2*14-;16-/m0000/s1. The first-order valence-electron chi connectivity index (χ1n) is 40.1. The average Bonchev–Trinajstić information content (AvgIpc) is 0.765. The van der Waals surface area contributed by atoms with E-state index < -0.39 is 47.7 Å². The number of nitrogens with one attached hydrogen (secondary N) is 4. The average molecular weight is 1710 g/mol. The fraction of sp³-hybridized carbons (Fsp3) is 0.282. The summed E-state index contributed by atoms with van der Waals surface area (Å²) < 4.78 is 118. The zero-order chi connectivity index (χ0) is 86.7. The lowest BCUT2D eigenvalue weighted by Crippen LogP contribution is -2.56. The molecular formula is C85H76F9N27O4.